The minimum absolute atomic E-state index is 0.406. The Bertz CT molecular complexity index is 363. The van der Waals surface area contributed by atoms with Gasteiger partial charge in [0.15, 0.2) is 0 Å². The number of hydrogen-bond donors (Lipinski definition) is 0. The Morgan fingerprint density at radius 3 is 3.14 bits per heavy atom. The van der Waals surface area contributed by atoms with Crippen LogP contribution in [0.5, 0.6) is 0 Å². The lowest BCUT2D eigenvalue weighted by Gasteiger charge is -2.31. The molecular formula is C12H14O2. The standard InChI is InChI=1S/C12H14O2/c1-2-11-5-14-6-12(11)8(1)10(12)7-3-13-4-9(7)11/h1-2,7-10H,3-6H2. The van der Waals surface area contributed by atoms with Gasteiger partial charge < -0.3 is 9.47 Å². The molecule has 2 heteroatoms. The molecule has 0 amide bonds. The molecular weight excluding hydrogens is 176 g/mol. The number of ether oxygens (including phenoxy) is 2. The van der Waals surface area contributed by atoms with E-state index in [1.807, 2.05) is 0 Å². The van der Waals surface area contributed by atoms with Crippen molar-refractivity contribution in [2.75, 3.05) is 26.4 Å². The summed E-state index contributed by atoms with van der Waals surface area (Å²) in [5, 5.41) is 0. The highest BCUT2D eigenvalue weighted by molar-refractivity contribution is 5.43. The normalized spacial score (nSPS) is 70.9. The van der Waals surface area contributed by atoms with E-state index >= 15 is 0 Å². The zero-order chi connectivity index (χ0) is 8.97. The maximum Gasteiger partial charge on any atom is 0.0567 e. The van der Waals surface area contributed by atoms with Gasteiger partial charge in [-0.2, -0.15) is 0 Å². The summed E-state index contributed by atoms with van der Waals surface area (Å²) < 4.78 is 11.5. The van der Waals surface area contributed by atoms with E-state index in [0.29, 0.717) is 10.8 Å². The summed E-state index contributed by atoms with van der Waals surface area (Å²) in [5.41, 5.74) is 0.968. The molecule has 0 N–H and O–H groups in total. The highest BCUT2D eigenvalue weighted by atomic mass is 16.5. The molecule has 0 aromatic rings. The van der Waals surface area contributed by atoms with E-state index in [1.165, 1.54) is 0 Å². The van der Waals surface area contributed by atoms with Crippen molar-refractivity contribution >= 4 is 0 Å². The molecule has 2 saturated heterocycles. The van der Waals surface area contributed by atoms with Crippen LogP contribution < -0.4 is 0 Å². The maximum atomic E-state index is 5.78. The van der Waals surface area contributed by atoms with E-state index in [4.69, 9.17) is 9.47 Å². The smallest absolute Gasteiger partial charge is 0.0567 e. The third-order valence-corrected chi connectivity index (χ3v) is 5.86. The molecule has 5 aliphatic rings. The first-order valence-electron chi connectivity index (χ1n) is 5.75. The van der Waals surface area contributed by atoms with Crippen molar-refractivity contribution < 1.29 is 9.47 Å². The lowest BCUT2D eigenvalue weighted by atomic mass is 9.70. The van der Waals surface area contributed by atoms with Crippen LogP contribution in [0.2, 0.25) is 0 Å². The first-order chi connectivity index (χ1) is 6.90. The summed E-state index contributed by atoms with van der Waals surface area (Å²) in [6.07, 6.45) is 4.98. The second-order valence-electron chi connectivity index (χ2n) is 5.79. The first-order valence-corrected chi connectivity index (χ1v) is 5.75. The van der Waals surface area contributed by atoms with E-state index in [0.717, 1.165) is 50.1 Å². The van der Waals surface area contributed by atoms with Crippen molar-refractivity contribution in [2.24, 2.45) is 34.5 Å². The molecule has 0 aromatic carbocycles. The molecule has 6 unspecified atom stereocenters. The average Bonchev–Trinajstić information content (AvgIpc) is 2.64. The molecule has 6 atom stereocenters. The average molecular weight is 190 g/mol. The van der Waals surface area contributed by atoms with Crippen LogP contribution in [0.3, 0.4) is 0 Å². The van der Waals surface area contributed by atoms with Crippen LogP contribution in [0.1, 0.15) is 0 Å². The number of hydrogen-bond acceptors (Lipinski definition) is 2. The lowest BCUT2D eigenvalue weighted by molar-refractivity contribution is 0.115. The minimum Gasteiger partial charge on any atom is -0.381 e. The molecule has 2 nitrogen and oxygen atoms in total. The van der Waals surface area contributed by atoms with Gasteiger partial charge in [0, 0.05) is 10.8 Å². The summed E-state index contributed by atoms with van der Waals surface area (Å²) in [7, 11) is 0. The summed E-state index contributed by atoms with van der Waals surface area (Å²) in [5.74, 6) is 3.42. The Morgan fingerprint density at radius 1 is 1.14 bits per heavy atom. The Hall–Kier alpha value is -0.340. The van der Waals surface area contributed by atoms with Crippen molar-refractivity contribution in [2.45, 2.75) is 0 Å². The van der Waals surface area contributed by atoms with Crippen LogP contribution >= 0.6 is 0 Å². The van der Waals surface area contributed by atoms with Gasteiger partial charge in [-0.1, -0.05) is 12.2 Å². The minimum atomic E-state index is 0.406. The largest absolute Gasteiger partial charge is 0.381 e. The van der Waals surface area contributed by atoms with E-state index < -0.39 is 0 Å². The summed E-state index contributed by atoms with van der Waals surface area (Å²) in [4.78, 5) is 0. The molecule has 2 aliphatic heterocycles. The van der Waals surface area contributed by atoms with Crippen molar-refractivity contribution in [3.63, 3.8) is 0 Å². The number of allylic oxidation sites excluding steroid dienone is 1. The van der Waals surface area contributed by atoms with Gasteiger partial charge >= 0.3 is 0 Å². The third kappa shape index (κ3) is 0.413. The molecule has 0 aromatic heterocycles. The van der Waals surface area contributed by atoms with Crippen molar-refractivity contribution in [1.29, 1.82) is 0 Å². The Labute approximate surface area is 83.3 Å². The van der Waals surface area contributed by atoms with Gasteiger partial charge in [0.25, 0.3) is 0 Å². The zero-order valence-corrected chi connectivity index (χ0v) is 8.11. The molecule has 0 bridgehead atoms. The van der Waals surface area contributed by atoms with Crippen LogP contribution in [0, 0.1) is 34.5 Å². The third-order valence-electron chi connectivity index (χ3n) is 5.86. The monoisotopic (exact) mass is 190 g/mol. The Kier molecular flexibility index (Phi) is 0.861. The van der Waals surface area contributed by atoms with E-state index in [1.54, 1.807) is 0 Å². The van der Waals surface area contributed by atoms with Gasteiger partial charge in [-0.15, -0.1) is 0 Å². The van der Waals surface area contributed by atoms with Crippen molar-refractivity contribution in [1.82, 2.24) is 0 Å². The topological polar surface area (TPSA) is 18.5 Å². The summed E-state index contributed by atoms with van der Waals surface area (Å²) in [6, 6.07) is 0. The summed E-state index contributed by atoms with van der Waals surface area (Å²) >= 11 is 0. The zero-order valence-electron chi connectivity index (χ0n) is 8.11. The van der Waals surface area contributed by atoms with Crippen LogP contribution in [0.4, 0.5) is 0 Å². The van der Waals surface area contributed by atoms with Crippen LogP contribution in [0.15, 0.2) is 12.2 Å². The predicted octanol–water partition coefficient (Wildman–Crippen LogP) is 1.08. The van der Waals surface area contributed by atoms with Crippen LogP contribution in [0.25, 0.3) is 0 Å². The van der Waals surface area contributed by atoms with Crippen LogP contribution in [-0.2, 0) is 9.47 Å². The van der Waals surface area contributed by atoms with E-state index in [-0.39, 0.29) is 0 Å². The Morgan fingerprint density at radius 2 is 2.14 bits per heavy atom. The molecule has 74 valence electrons. The molecule has 2 saturated carbocycles. The fourth-order valence-corrected chi connectivity index (χ4v) is 5.42. The quantitative estimate of drug-likeness (QED) is 0.532. The highest BCUT2D eigenvalue weighted by Gasteiger charge is 2.86. The fourth-order valence-electron chi connectivity index (χ4n) is 5.42. The van der Waals surface area contributed by atoms with Crippen molar-refractivity contribution in [3.8, 4) is 0 Å². The van der Waals surface area contributed by atoms with Gasteiger partial charge in [-0.05, 0) is 23.7 Å². The SMILES string of the molecule is C1=CC23COCC24C1C4C1COCC13. The number of fused-ring (bicyclic) bond motifs is 3. The highest BCUT2D eigenvalue weighted by Crippen LogP contribution is 2.86. The molecule has 0 radical (unpaired) electrons. The van der Waals surface area contributed by atoms with Gasteiger partial charge in [-0.25, -0.2) is 0 Å². The first kappa shape index (κ1) is 7.02. The molecule has 1 spiro atoms. The van der Waals surface area contributed by atoms with Gasteiger partial charge in [-0.3, -0.25) is 0 Å². The molecule has 14 heavy (non-hydrogen) atoms. The second-order valence-corrected chi connectivity index (χ2v) is 5.79. The van der Waals surface area contributed by atoms with Gasteiger partial charge in [0.1, 0.15) is 0 Å². The molecule has 3 aliphatic carbocycles. The Balaban J connectivity index is 1.79. The van der Waals surface area contributed by atoms with Gasteiger partial charge in [0.2, 0.25) is 0 Å². The molecule has 4 fully saturated rings. The molecule has 5 rings (SSSR count). The summed E-state index contributed by atoms with van der Waals surface area (Å²) in [6.45, 7) is 4.02. The van der Waals surface area contributed by atoms with Gasteiger partial charge in [0.05, 0.1) is 26.4 Å². The molecule has 2 heterocycles. The fraction of sp³-hybridized carbons (Fsp3) is 0.833. The predicted molar refractivity (Wildman–Crippen MR) is 49.6 cm³/mol. The maximum absolute atomic E-state index is 5.78. The lowest BCUT2D eigenvalue weighted by Crippen LogP contribution is -2.34. The van der Waals surface area contributed by atoms with E-state index in [2.05, 4.69) is 12.2 Å². The second kappa shape index (κ2) is 1.72. The van der Waals surface area contributed by atoms with Crippen LogP contribution in [-0.4, -0.2) is 26.4 Å². The van der Waals surface area contributed by atoms with Crippen molar-refractivity contribution in [3.05, 3.63) is 12.2 Å². The number of rotatable bonds is 0. The van der Waals surface area contributed by atoms with E-state index in [9.17, 15) is 0 Å².